The van der Waals surface area contributed by atoms with Crippen LogP contribution in [0.3, 0.4) is 0 Å². The van der Waals surface area contributed by atoms with Crippen molar-refractivity contribution in [1.82, 2.24) is 5.32 Å². The van der Waals surface area contributed by atoms with Gasteiger partial charge in [-0.2, -0.15) is 0 Å². The molecule has 116 valence electrons. The summed E-state index contributed by atoms with van der Waals surface area (Å²) in [5.74, 6) is -0.0392. The van der Waals surface area contributed by atoms with E-state index in [1.165, 1.54) is 27.2 Å². The van der Waals surface area contributed by atoms with Crippen LogP contribution in [0.25, 0.3) is 0 Å². The number of carbonyl (C=O) groups excluding carboxylic acids is 1. The van der Waals surface area contributed by atoms with Crippen LogP contribution in [0.1, 0.15) is 32.6 Å². The number of carbonyl (C=O) groups is 1. The van der Waals surface area contributed by atoms with Crippen molar-refractivity contribution in [1.29, 1.82) is 0 Å². The van der Waals surface area contributed by atoms with Gasteiger partial charge >= 0.3 is 0 Å². The Hall–Kier alpha value is -2.13. The summed E-state index contributed by atoms with van der Waals surface area (Å²) in [6, 6.07) is 14.5. The molecule has 0 aliphatic heterocycles. The molecule has 0 radical (unpaired) electrons. The Bertz CT molecular complexity index is 647. The number of amides is 1. The van der Waals surface area contributed by atoms with Crippen molar-refractivity contribution in [2.24, 2.45) is 0 Å². The van der Waals surface area contributed by atoms with Crippen LogP contribution >= 0.6 is 0 Å². The first-order valence-corrected chi connectivity index (χ1v) is 7.68. The molecule has 2 aromatic rings. The van der Waals surface area contributed by atoms with Gasteiger partial charge in [0, 0.05) is 23.7 Å². The molecule has 3 nitrogen and oxygen atoms in total. The van der Waals surface area contributed by atoms with Gasteiger partial charge in [0.1, 0.15) is 13.1 Å². The van der Waals surface area contributed by atoms with Crippen molar-refractivity contribution in [3.05, 3.63) is 70.3 Å². The monoisotopic (exact) mass is 297 g/mol. The van der Waals surface area contributed by atoms with E-state index < -0.39 is 0 Å². The Balaban J connectivity index is 2.01. The van der Waals surface area contributed by atoms with Gasteiger partial charge in [-0.05, 0) is 31.5 Å². The fourth-order valence-corrected chi connectivity index (χ4v) is 2.65. The second kappa shape index (κ2) is 7.23. The summed E-state index contributed by atoms with van der Waals surface area (Å²) in [5, 5.41) is 2.64. The minimum absolute atomic E-state index is 0.0392. The van der Waals surface area contributed by atoms with Crippen molar-refractivity contribution < 1.29 is 9.69 Å². The lowest BCUT2D eigenvalue weighted by Gasteiger charge is -2.16. The van der Waals surface area contributed by atoms with E-state index in [1.54, 1.807) is 7.05 Å². The van der Waals surface area contributed by atoms with E-state index in [9.17, 15) is 4.79 Å². The van der Waals surface area contributed by atoms with Gasteiger partial charge in [0.15, 0.2) is 0 Å². The van der Waals surface area contributed by atoms with Gasteiger partial charge in [0.25, 0.3) is 5.91 Å². The van der Waals surface area contributed by atoms with E-state index in [4.69, 9.17) is 0 Å². The minimum Gasteiger partial charge on any atom is -0.355 e. The zero-order valence-corrected chi connectivity index (χ0v) is 13.9. The van der Waals surface area contributed by atoms with E-state index >= 15 is 0 Å². The Kier molecular flexibility index (Phi) is 5.34. The largest absolute Gasteiger partial charge is 0.355 e. The number of aryl methyl sites for hydroxylation is 2. The van der Waals surface area contributed by atoms with Crippen LogP contribution in [0.4, 0.5) is 0 Å². The summed E-state index contributed by atoms with van der Waals surface area (Å²) in [6.07, 6.45) is 0. The Labute approximate surface area is 133 Å². The molecule has 22 heavy (non-hydrogen) atoms. The van der Waals surface area contributed by atoms with E-state index in [2.05, 4.69) is 44.4 Å². The third kappa shape index (κ3) is 4.18. The van der Waals surface area contributed by atoms with Gasteiger partial charge < -0.3 is 10.2 Å². The summed E-state index contributed by atoms with van der Waals surface area (Å²) >= 11 is 0. The molecule has 2 N–H and O–H groups in total. The topological polar surface area (TPSA) is 33.5 Å². The van der Waals surface area contributed by atoms with E-state index in [1.807, 2.05) is 24.3 Å². The molecule has 0 aromatic heterocycles. The second-order valence-electron chi connectivity index (χ2n) is 6.02. The molecule has 0 saturated carbocycles. The van der Waals surface area contributed by atoms with Gasteiger partial charge in [0.2, 0.25) is 0 Å². The predicted octanol–water partition coefficient (Wildman–Crippen LogP) is 1.88. The molecule has 3 heteroatoms. The van der Waals surface area contributed by atoms with Crippen molar-refractivity contribution >= 4 is 5.91 Å². The van der Waals surface area contributed by atoms with Gasteiger partial charge in [-0.25, -0.2) is 0 Å². The van der Waals surface area contributed by atoms with Gasteiger partial charge in [-0.15, -0.1) is 0 Å². The van der Waals surface area contributed by atoms with Gasteiger partial charge in [-0.3, -0.25) is 4.79 Å². The number of rotatable bonds is 5. The lowest BCUT2D eigenvalue weighted by molar-refractivity contribution is -0.907. The molecule has 0 heterocycles. The van der Waals surface area contributed by atoms with Crippen LogP contribution in [0.15, 0.2) is 42.5 Å². The lowest BCUT2D eigenvalue weighted by atomic mass is 10.0. The Morgan fingerprint density at radius 3 is 2.36 bits per heavy atom. The standard InChI is InChI=1S/C19H24N2O/c1-14-5-6-15(2)18(11-14)13-21(4)12-16-7-9-17(10-8-16)19(22)20-3/h5-11H,12-13H2,1-4H3,(H,20,22)/p+1. The maximum absolute atomic E-state index is 11.5. The van der Waals surface area contributed by atoms with E-state index in [0.717, 1.165) is 13.1 Å². The molecule has 0 fully saturated rings. The Morgan fingerprint density at radius 1 is 1.05 bits per heavy atom. The van der Waals surface area contributed by atoms with Crippen LogP contribution in [-0.4, -0.2) is 20.0 Å². The van der Waals surface area contributed by atoms with Crippen LogP contribution in [-0.2, 0) is 13.1 Å². The molecule has 0 saturated heterocycles. The molecule has 1 amide bonds. The summed E-state index contributed by atoms with van der Waals surface area (Å²) in [7, 11) is 3.85. The molecule has 1 atom stereocenters. The van der Waals surface area contributed by atoms with Crippen LogP contribution in [0.2, 0.25) is 0 Å². The smallest absolute Gasteiger partial charge is 0.251 e. The van der Waals surface area contributed by atoms with Gasteiger partial charge in [0.05, 0.1) is 7.05 Å². The van der Waals surface area contributed by atoms with Crippen molar-refractivity contribution in [3.8, 4) is 0 Å². The zero-order valence-electron chi connectivity index (χ0n) is 13.9. The first kappa shape index (κ1) is 16.2. The van der Waals surface area contributed by atoms with Crippen LogP contribution < -0.4 is 10.2 Å². The summed E-state index contributed by atoms with van der Waals surface area (Å²) < 4.78 is 0. The highest BCUT2D eigenvalue weighted by Crippen LogP contribution is 2.09. The van der Waals surface area contributed by atoms with Crippen LogP contribution in [0, 0.1) is 13.8 Å². The number of benzene rings is 2. The average Bonchev–Trinajstić information content (AvgIpc) is 2.51. The quantitative estimate of drug-likeness (QED) is 0.868. The molecule has 0 spiro atoms. The number of hydrogen-bond donors (Lipinski definition) is 2. The third-order valence-electron chi connectivity index (χ3n) is 3.95. The molecular weight excluding hydrogens is 272 g/mol. The molecule has 2 rings (SSSR count). The number of nitrogens with one attached hydrogen (secondary N) is 2. The van der Waals surface area contributed by atoms with Gasteiger partial charge in [-0.1, -0.05) is 35.9 Å². The summed E-state index contributed by atoms with van der Waals surface area (Å²) in [6.45, 7) is 6.25. The lowest BCUT2D eigenvalue weighted by Crippen LogP contribution is -3.06. The van der Waals surface area contributed by atoms with Crippen molar-refractivity contribution in [2.75, 3.05) is 14.1 Å². The minimum atomic E-state index is -0.0392. The second-order valence-corrected chi connectivity index (χ2v) is 6.02. The fraction of sp³-hybridized carbons (Fsp3) is 0.316. The maximum atomic E-state index is 11.5. The maximum Gasteiger partial charge on any atom is 0.251 e. The first-order chi connectivity index (χ1) is 10.5. The summed E-state index contributed by atoms with van der Waals surface area (Å²) in [5.41, 5.74) is 6.01. The molecule has 1 unspecified atom stereocenters. The zero-order chi connectivity index (χ0) is 16.1. The summed E-state index contributed by atoms with van der Waals surface area (Å²) in [4.78, 5) is 13.0. The predicted molar refractivity (Wildman–Crippen MR) is 90.0 cm³/mol. The molecule has 0 bridgehead atoms. The van der Waals surface area contributed by atoms with E-state index in [-0.39, 0.29) is 5.91 Å². The highest BCUT2D eigenvalue weighted by atomic mass is 16.1. The average molecular weight is 297 g/mol. The normalized spacial score (nSPS) is 12.0. The molecule has 0 aliphatic rings. The Morgan fingerprint density at radius 2 is 1.73 bits per heavy atom. The molecule has 0 aliphatic carbocycles. The van der Waals surface area contributed by atoms with E-state index in [0.29, 0.717) is 5.56 Å². The van der Waals surface area contributed by atoms with Crippen LogP contribution in [0.5, 0.6) is 0 Å². The fourth-order valence-electron chi connectivity index (χ4n) is 2.65. The van der Waals surface area contributed by atoms with Crippen molar-refractivity contribution in [2.45, 2.75) is 26.9 Å². The SMILES string of the molecule is CNC(=O)c1ccc(C[NH+](C)Cc2cc(C)ccc2C)cc1. The first-order valence-electron chi connectivity index (χ1n) is 7.68. The molecule has 2 aromatic carbocycles. The third-order valence-corrected chi connectivity index (χ3v) is 3.95. The highest BCUT2D eigenvalue weighted by molar-refractivity contribution is 5.93. The number of quaternary nitrogens is 1. The highest BCUT2D eigenvalue weighted by Gasteiger charge is 2.09. The van der Waals surface area contributed by atoms with Crippen molar-refractivity contribution in [3.63, 3.8) is 0 Å². The molecular formula is C19H25N2O+. The number of hydrogen-bond acceptors (Lipinski definition) is 1.